The number of hydrogen-bond donors (Lipinski definition) is 2. The van der Waals surface area contributed by atoms with E-state index < -0.39 is 12.1 Å². The van der Waals surface area contributed by atoms with Crippen LogP contribution in [0.25, 0.3) is 0 Å². The molecule has 0 radical (unpaired) electrons. The minimum Gasteiger partial charge on any atom is -0.465 e. The van der Waals surface area contributed by atoms with Crippen LogP contribution in [-0.4, -0.2) is 39.5 Å². The lowest BCUT2D eigenvalue weighted by molar-refractivity contribution is -0.134. The zero-order valence-electron chi connectivity index (χ0n) is 17.9. The summed E-state index contributed by atoms with van der Waals surface area (Å²) in [6, 6.07) is 17.0. The van der Waals surface area contributed by atoms with Crippen molar-refractivity contribution >= 4 is 34.7 Å². The van der Waals surface area contributed by atoms with E-state index in [0.717, 1.165) is 15.3 Å². The topological polar surface area (TPSA) is 86.9 Å². The Hall–Kier alpha value is -2.68. The summed E-state index contributed by atoms with van der Waals surface area (Å²) in [5, 5.41) is 13.5. The number of carbonyl (C=O) groups is 2. The maximum absolute atomic E-state index is 13.1. The molecule has 2 heterocycles. The minimum absolute atomic E-state index is 0.0637. The maximum atomic E-state index is 13.1. The first-order valence-electron chi connectivity index (χ1n) is 10.6. The molecule has 0 aliphatic carbocycles. The zero-order chi connectivity index (χ0) is 22.8. The second-order valence-electron chi connectivity index (χ2n) is 7.65. The molecule has 2 amide bonds. The summed E-state index contributed by atoms with van der Waals surface area (Å²) < 4.78 is 0. The van der Waals surface area contributed by atoms with Crippen LogP contribution < -0.4 is 5.73 Å². The van der Waals surface area contributed by atoms with Crippen LogP contribution in [0.4, 0.5) is 4.79 Å². The van der Waals surface area contributed by atoms with E-state index in [9.17, 15) is 14.7 Å². The molecular formula is C24H29N3O3S2. The van der Waals surface area contributed by atoms with Crippen LogP contribution in [0.15, 0.2) is 65.4 Å². The Morgan fingerprint density at radius 1 is 0.844 bits per heavy atom. The van der Waals surface area contributed by atoms with Gasteiger partial charge in [0.1, 0.15) is 0 Å². The van der Waals surface area contributed by atoms with E-state index >= 15 is 0 Å². The number of unbranched alkanes of at least 4 members (excludes halogenated alkanes) is 1. The number of carboxylic acid groups (broad SMARTS) is 1. The second kappa shape index (κ2) is 12.4. The molecule has 0 saturated carbocycles. The van der Waals surface area contributed by atoms with Gasteiger partial charge >= 0.3 is 6.09 Å². The first-order valence-corrected chi connectivity index (χ1v) is 12.4. The number of nitrogens with zero attached hydrogens (tertiary/aromatic N) is 2. The molecule has 8 heteroatoms. The average Bonchev–Trinajstić information content (AvgIpc) is 3.49. The second-order valence-corrected chi connectivity index (χ2v) is 9.71. The van der Waals surface area contributed by atoms with Crippen LogP contribution in [-0.2, 0) is 24.4 Å². The molecule has 3 aromatic rings. The van der Waals surface area contributed by atoms with Crippen LogP contribution in [0.2, 0.25) is 0 Å². The van der Waals surface area contributed by atoms with Gasteiger partial charge in [-0.15, -0.1) is 22.7 Å². The first kappa shape index (κ1) is 24.0. The van der Waals surface area contributed by atoms with E-state index in [0.29, 0.717) is 45.4 Å². The van der Waals surface area contributed by atoms with Crippen molar-refractivity contribution in [2.24, 2.45) is 5.73 Å². The minimum atomic E-state index is -0.938. The normalized spacial score (nSPS) is 11.8. The molecule has 1 atom stereocenters. The summed E-state index contributed by atoms with van der Waals surface area (Å²) in [6.45, 7) is 1.87. The van der Waals surface area contributed by atoms with Gasteiger partial charge in [0, 0.05) is 22.8 Å². The predicted octanol–water partition coefficient (Wildman–Crippen LogP) is 5.02. The lowest BCUT2D eigenvalue weighted by atomic mass is 10.1. The van der Waals surface area contributed by atoms with Crippen molar-refractivity contribution in [3.8, 4) is 0 Å². The third-order valence-electron chi connectivity index (χ3n) is 5.16. The van der Waals surface area contributed by atoms with Crippen LogP contribution >= 0.6 is 22.7 Å². The molecule has 0 spiro atoms. The van der Waals surface area contributed by atoms with Crippen molar-refractivity contribution in [2.75, 3.05) is 6.54 Å². The standard InChI is InChI=1S/C24H29N3O3S2/c25-22(12-4-5-13-26(24(29)30)16-19-8-2-1-3-9-19)23(28)27(17-20-10-6-14-31-20)18-21-11-7-15-32-21/h1-3,6-11,14-15,22H,4-5,12-13,16-18,25H2,(H,29,30)/t22-/m1/s1. The van der Waals surface area contributed by atoms with Gasteiger partial charge < -0.3 is 20.6 Å². The van der Waals surface area contributed by atoms with Gasteiger partial charge in [-0.25, -0.2) is 4.79 Å². The summed E-state index contributed by atoms with van der Waals surface area (Å²) in [4.78, 5) is 30.1. The highest BCUT2D eigenvalue weighted by Gasteiger charge is 2.22. The zero-order valence-corrected chi connectivity index (χ0v) is 19.6. The molecule has 170 valence electrons. The Bertz CT molecular complexity index is 910. The molecular weight excluding hydrogens is 442 g/mol. The summed E-state index contributed by atoms with van der Waals surface area (Å²) >= 11 is 3.26. The van der Waals surface area contributed by atoms with Gasteiger partial charge in [-0.05, 0) is 47.7 Å². The Morgan fingerprint density at radius 2 is 1.47 bits per heavy atom. The number of thiophene rings is 2. The van der Waals surface area contributed by atoms with Gasteiger partial charge in [0.05, 0.1) is 19.1 Å². The lowest BCUT2D eigenvalue weighted by Gasteiger charge is -2.25. The third kappa shape index (κ3) is 7.47. The van der Waals surface area contributed by atoms with E-state index in [2.05, 4.69) is 0 Å². The van der Waals surface area contributed by atoms with Crippen molar-refractivity contribution in [3.05, 3.63) is 80.7 Å². The highest BCUT2D eigenvalue weighted by molar-refractivity contribution is 7.10. The van der Waals surface area contributed by atoms with Gasteiger partial charge in [-0.2, -0.15) is 0 Å². The van der Waals surface area contributed by atoms with Crippen LogP contribution in [0.1, 0.15) is 34.6 Å². The van der Waals surface area contributed by atoms with Crippen molar-refractivity contribution in [1.29, 1.82) is 0 Å². The molecule has 0 aliphatic rings. The first-order chi connectivity index (χ1) is 15.5. The predicted molar refractivity (Wildman–Crippen MR) is 130 cm³/mol. The van der Waals surface area contributed by atoms with Crippen molar-refractivity contribution in [3.63, 3.8) is 0 Å². The van der Waals surface area contributed by atoms with Crippen molar-refractivity contribution in [1.82, 2.24) is 9.80 Å². The molecule has 0 aliphatic heterocycles. The van der Waals surface area contributed by atoms with Gasteiger partial charge in [0.25, 0.3) is 0 Å². The molecule has 0 unspecified atom stereocenters. The third-order valence-corrected chi connectivity index (χ3v) is 6.88. The molecule has 0 saturated heterocycles. The number of benzene rings is 1. The average molecular weight is 472 g/mol. The summed E-state index contributed by atoms with van der Waals surface area (Å²) in [7, 11) is 0. The smallest absolute Gasteiger partial charge is 0.407 e. The SMILES string of the molecule is N[C@H](CCCCN(Cc1ccccc1)C(=O)O)C(=O)N(Cc1cccs1)Cc1cccs1. The molecule has 32 heavy (non-hydrogen) atoms. The number of carbonyl (C=O) groups excluding carboxylic acids is 1. The Balaban J connectivity index is 1.49. The van der Waals surface area contributed by atoms with E-state index in [1.807, 2.05) is 70.3 Å². The maximum Gasteiger partial charge on any atom is 0.407 e. The Morgan fingerprint density at radius 3 is 2.00 bits per heavy atom. The quantitative estimate of drug-likeness (QED) is 0.363. The molecule has 0 fully saturated rings. The van der Waals surface area contributed by atoms with Crippen molar-refractivity contribution < 1.29 is 14.7 Å². The lowest BCUT2D eigenvalue weighted by Crippen LogP contribution is -2.43. The Kier molecular flexibility index (Phi) is 9.27. The van der Waals surface area contributed by atoms with Gasteiger partial charge in [0.2, 0.25) is 5.91 Å². The molecule has 0 bridgehead atoms. The fourth-order valence-corrected chi connectivity index (χ4v) is 4.90. The number of nitrogens with two attached hydrogens (primary N) is 1. The molecule has 6 nitrogen and oxygen atoms in total. The highest BCUT2D eigenvalue weighted by Crippen LogP contribution is 2.19. The van der Waals surface area contributed by atoms with E-state index in [1.54, 1.807) is 22.7 Å². The van der Waals surface area contributed by atoms with Crippen molar-refractivity contribution in [2.45, 2.75) is 44.9 Å². The Labute approximate surface area is 196 Å². The largest absolute Gasteiger partial charge is 0.465 e. The van der Waals surface area contributed by atoms with E-state index in [4.69, 9.17) is 5.73 Å². The van der Waals surface area contributed by atoms with E-state index in [-0.39, 0.29) is 5.91 Å². The van der Waals surface area contributed by atoms with E-state index in [1.165, 1.54) is 4.90 Å². The highest BCUT2D eigenvalue weighted by atomic mass is 32.1. The van der Waals surface area contributed by atoms with Gasteiger partial charge in [-0.1, -0.05) is 42.5 Å². The number of rotatable bonds is 12. The summed E-state index contributed by atoms with van der Waals surface area (Å²) in [5.41, 5.74) is 7.22. The van der Waals surface area contributed by atoms with Gasteiger partial charge in [0.15, 0.2) is 0 Å². The summed E-state index contributed by atoms with van der Waals surface area (Å²) in [5.74, 6) is -0.0637. The van der Waals surface area contributed by atoms with Crippen LogP contribution in [0, 0.1) is 0 Å². The summed E-state index contributed by atoms with van der Waals surface area (Å²) in [6.07, 6.45) is 0.948. The molecule has 3 N–H and O–H groups in total. The van der Waals surface area contributed by atoms with Gasteiger partial charge in [-0.3, -0.25) is 4.79 Å². The van der Waals surface area contributed by atoms with Crippen LogP contribution in [0.3, 0.4) is 0 Å². The monoisotopic (exact) mass is 471 g/mol. The fraction of sp³-hybridized carbons (Fsp3) is 0.333. The molecule has 3 rings (SSSR count). The molecule has 2 aromatic heterocycles. The molecule has 1 aromatic carbocycles. The number of amides is 2. The van der Waals surface area contributed by atoms with Crippen LogP contribution in [0.5, 0.6) is 0 Å². The fourth-order valence-electron chi connectivity index (χ4n) is 3.46. The number of hydrogen-bond acceptors (Lipinski definition) is 5.